The number of anilines is 2. The molecule has 1 fully saturated rings. The van der Waals surface area contributed by atoms with Gasteiger partial charge >= 0.3 is 0 Å². The molecule has 34 heavy (non-hydrogen) atoms. The fraction of sp³-hybridized carbons (Fsp3) is 0.481. The molecule has 1 aliphatic carbocycles. The molecule has 182 valence electrons. The van der Waals surface area contributed by atoms with E-state index in [1.54, 1.807) is 14.2 Å². The maximum atomic E-state index is 5.53. The third-order valence-corrected chi connectivity index (χ3v) is 6.72. The highest BCUT2D eigenvalue weighted by Crippen LogP contribution is 2.31. The van der Waals surface area contributed by atoms with Crippen LogP contribution in [0.15, 0.2) is 42.5 Å². The van der Waals surface area contributed by atoms with Crippen LogP contribution in [0, 0.1) is 5.92 Å². The zero-order valence-electron chi connectivity index (χ0n) is 20.8. The van der Waals surface area contributed by atoms with Crippen molar-refractivity contribution in [2.75, 3.05) is 45.1 Å². The standard InChI is InChI=1S/C27H37N5O2/c1-32(2)26-22-9-5-6-10-23(22)30-27(31-26)29-21-14-12-19(13-15-21)16-17-28-18-20-8-7-11-24(33-3)25(20)34-4/h5-11,19,21,28H,12-18H2,1-4H3,(H,29,30,31). The molecule has 4 rings (SSSR count). The Morgan fingerprint density at radius 2 is 1.74 bits per heavy atom. The van der Waals surface area contributed by atoms with Gasteiger partial charge in [0.2, 0.25) is 5.95 Å². The summed E-state index contributed by atoms with van der Waals surface area (Å²) in [5.74, 6) is 4.05. The van der Waals surface area contributed by atoms with E-state index in [9.17, 15) is 0 Å². The lowest BCUT2D eigenvalue weighted by molar-refractivity contribution is 0.315. The SMILES string of the molecule is COc1cccc(CNCCC2CCC(Nc3nc(N(C)C)c4ccccc4n3)CC2)c1OC. The van der Waals surface area contributed by atoms with Gasteiger partial charge in [-0.2, -0.15) is 4.98 Å². The second kappa shape index (κ2) is 11.4. The lowest BCUT2D eigenvalue weighted by Crippen LogP contribution is -2.28. The molecule has 0 unspecified atom stereocenters. The molecule has 0 spiro atoms. The largest absolute Gasteiger partial charge is 0.493 e. The number of para-hydroxylation sites is 2. The Labute approximate surface area is 202 Å². The summed E-state index contributed by atoms with van der Waals surface area (Å²) in [6, 6.07) is 14.7. The van der Waals surface area contributed by atoms with Crippen LogP contribution in [0.2, 0.25) is 0 Å². The number of hydrogen-bond donors (Lipinski definition) is 2. The second-order valence-corrected chi connectivity index (χ2v) is 9.26. The van der Waals surface area contributed by atoms with Gasteiger partial charge in [0.1, 0.15) is 5.82 Å². The number of ether oxygens (including phenoxy) is 2. The highest BCUT2D eigenvalue weighted by atomic mass is 16.5. The molecule has 0 saturated heterocycles. The highest BCUT2D eigenvalue weighted by Gasteiger charge is 2.22. The predicted octanol–water partition coefficient (Wildman–Crippen LogP) is 4.86. The highest BCUT2D eigenvalue weighted by molar-refractivity contribution is 5.90. The first kappa shape index (κ1) is 24.1. The number of methoxy groups -OCH3 is 2. The Bertz CT molecular complexity index is 1080. The molecule has 0 bridgehead atoms. The van der Waals surface area contributed by atoms with Crippen LogP contribution in [0.25, 0.3) is 10.9 Å². The fourth-order valence-electron chi connectivity index (χ4n) is 4.87. The summed E-state index contributed by atoms with van der Waals surface area (Å²) in [4.78, 5) is 11.6. The molecule has 3 aromatic rings. The number of hydrogen-bond acceptors (Lipinski definition) is 7. The smallest absolute Gasteiger partial charge is 0.225 e. The molecule has 2 aromatic carbocycles. The number of rotatable bonds is 10. The van der Waals surface area contributed by atoms with Gasteiger partial charge in [-0.1, -0.05) is 24.3 Å². The van der Waals surface area contributed by atoms with Crippen molar-refractivity contribution in [2.45, 2.75) is 44.7 Å². The van der Waals surface area contributed by atoms with Crippen molar-refractivity contribution in [2.24, 2.45) is 5.92 Å². The van der Waals surface area contributed by atoms with Crippen molar-refractivity contribution < 1.29 is 9.47 Å². The quantitative estimate of drug-likeness (QED) is 0.416. The van der Waals surface area contributed by atoms with Crippen LogP contribution in [0.1, 0.15) is 37.7 Å². The van der Waals surface area contributed by atoms with E-state index in [2.05, 4.69) is 33.7 Å². The molecule has 1 aromatic heterocycles. The van der Waals surface area contributed by atoms with E-state index in [0.717, 1.165) is 71.6 Å². The molecule has 0 atom stereocenters. The lowest BCUT2D eigenvalue weighted by Gasteiger charge is -2.29. The van der Waals surface area contributed by atoms with E-state index in [1.165, 1.54) is 19.3 Å². The molecule has 0 aliphatic heterocycles. The van der Waals surface area contributed by atoms with Crippen LogP contribution in [0.5, 0.6) is 11.5 Å². The van der Waals surface area contributed by atoms with Gasteiger partial charge in [0, 0.05) is 37.6 Å². The first-order valence-electron chi connectivity index (χ1n) is 12.2. The minimum Gasteiger partial charge on any atom is -0.493 e. The van der Waals surface area contributed by atoms with Crippen LogP contribution in [0.4, 0.5) is 11.8 Å². The Morgan fingerprint density at radius 3 is 2.47 bits per heavy atom. The monoisotopic (exact) mass is 463 g/mol. The van der Waals surface area contributed by atoms with Gasteiger partial charge in [-0.3, -0.25) is 0 Å². The number of benzene rings is 2. The summed E-state index contributed by atoms with van der Waals surface area (Å²) in [7, 11) is 7.43. The van der Waals surface area contributed by atoms with Crippen LogP contribution in [-0.2, 0) is 6.54 Å². The van der Waals surface area contributed by atoms with Crippen LogP contribution >= 0.6 is 0 Å². The molecule has 7 heteroatoms. The normalized spacial score (nSPS) is 18.0. The molecule has 2 N–H and O–H groups in total. The Morgan fingerprint density at radius 1 is 0.941 bits per heavy atom. The van der Waals surface area contributed by atoms with Crippen molar-refractivity contribution >= 4 is 22.7 Å². The maximum Gasteiger partial charge on any atom is 0.225 e. The zero-order valence-corrected chi connectivity index (χ0v) is 20.8. The molecule has 1 aliphatic rings. The van der Waals surface area contributed by atoms with E-state index in [1.807, 2.05) is 38.4 Å². The fourth-order valence-corrected chi connectivity index (χ4v) is 4.87. The Balaban J connectivity index is 1.25. The Kier molecular flexibility index (Phi) is 8.06. The van der Waals surface area contributed by atoms with Gasteiger partial charge in [-0.05, 0) is 62.8 Å². The summed E-state index contributed by atoms with van der Waals surface area (Å²) in [6.07, 6.45) is 5.96. The van der Waals surface area contributed by atoms with Crippen molar-refractivity contribution in [1.82, 2.24) is 15.3 Å². The first-order chi connectivity index (χ1) is 16.6. The number of aromatic nitrogens is 2. The van der Waals surface area contributed by atoms with Crippen molar-refractivity contribution in [3.8, 4) is 11.5 Å². The topological polar surface area (TPSA) is 71.5 Å². The average Bonchev–Trinajstić information content (AvgIpc) is 2.86. The summed E-state index contributed by atoms with van der Waals surface area (Å²) in [5, 5.41) is 8.28. The molecule has 0 radical (unpaired) electrons. The van der Waals surface area contributed by atoms with E-state index < -0.39 is 0 Å². The second-order valence-electron chi connectivity index (χ2n) is 9.26. The zero-order chi connectivity index (χ0) is 23.9. The minimum absolute atomic E-state index is 0.432. The maximum absolute atomic E-state index is 5.53. The molecule has 0 amide bonds. The number of nitrogens with zero attached hydrogens (tertiary/aromatic N) is 3. The van der Waals surface area contributed by atoms with Crippen molar-refractivity contribution in [3.05, 3.63) is 48.0 Å². The van der Waals surface area contributed by atoms with Gasteiger partial charge < -0.3 is 25.0 Å². The van der Waals surface area contributed by atoms with E-state index in [4.69, 9.17) is 19.4 Å². The number of fused-ring (bicyclic) bond motifs is 1. The molecule has 1 saturated carbocycles. The van der Waals surface area contributed by atoms with Crippen molar-refractivity contribution in [3.63, 3.8) is 0 Å². The van der Waals surface area contributed by atoms with Gasteiger partial charge in [0.05, 0.1) is 19.7 Å². The van der Waals surface area contributed by atoms with Crippen LogP contribution in [0.3, 0.4) is 0 Å². The van der Waals surface area contributed by atoms with E-state index in [0.29, 0.717) is 6.04 Å². The van der Waals surface area contributed by atoms with Gasteiger partial charge in [-0.25, -0.2) is 4.98 Å². The first-order valence-corrected chi connectivity index (χ1v) is 12.2. The van der Waals surface area contributed by atoms with Crippen molar-refractivity contribution in [1.29, 1.82) is 0 Å². The molecular weight excluding hydrogens is 426 g/mol. The number of nitrogens with one attached hydrogen (secondary N) is 2. The molecule has 7 nitrogen and oxygen atoms in total. The Hall–Kier alpha value is -3.06. The van der Waals surface area contributed by atoms with Gasteiger partial charge in [0.15, 0.2) is 11.5 Å². The summed E-state index contributed by atoms with van der Waals surface area (Å²) in [5.41, 5.74) is 2.11. The molecule has 1 heterocycles. The van der Waals surface area contributed by atoms with Crippen LogP contribution in [-0.4, -0.2) is 50.9 Å². The lowest BCUT2D eigenvalue weighted by atomic mass is 9.84. The van der Waals surface area contributed by atoms with E-state index >= 15 is 0 Å². The van der Waals surface area contributed by atoms with Crippen LogP contribution < -0.4 is 25.0 Å². The van der Waals surface area contributed by atoms with E-state index in [-0.39, 0.29) is 0 Å². The third kappa shape index (κ3) is 5.70. The van der Waals surface area contributed by atoms with Gasteiger partial charge in [-0.15, -0.1) is 0 Å². The van der Waals surface area contributed by atoms with Gasteiger partial charge in [0.25, 0.3) is 0 Å². The third-order valence-electron chi connectivity index (χ3n) is 6.72. The average molecular weight is 464 g/mol. The summed E-state index contributed by atoms with van der Waals surface area (Å²) < 4.78 is 10.9. The molecular formula is C27H37N5O2. The summed E-state index contributed by atoms with van der Waals surface area (Å²) in [6.45, 7) is 1.79. The minimum atomic E-state index is 0.432. The predicted molar refractivity (Wildman–Crippen MR) is 139 cm³/mol. The summed E-state index contributed by atoms with van der Waals surface area (Å²) >= 11 is 0.